The van der Waals surface area contributed by atoms with Gasteiger partial charge in [0.15, 0.2) is 5.15 Å². The second-order valence-corrected chi connectivity index (χ2v) is 5.24. The molecular formula is C14H14ClN3O. The molecule has 0 aromatic carbocycles. The summed E-state index contributed by atoms with van der Waals surface area (Å²) in [6.07, 6.45) is 5.24. The van der Waals surface area contributed by atoms with Crippen molar-refractivity contribution in [1.29, 1.82) is 0 Å². The fourth-order valence-corrected chi connectivity index (χ4v) is 2.88. The first-order chi connectivity index (χ1) is 9.09. The van der Waals surface area contributed by atoms with Gasteiger partial charge in [0.1, 0.15) is 0 Å². The molecule has 0 saturated carbocycles. The minimum atomic E-state index is 0.00724. The van der Waals surface area contributed by atoms with Crippen molar-refractivity contribution < 1.29 is 0 Å². The molecule has 4 nitrogen and oxygen atoms in total. The average molecular weight is 276 g/mol. The predicted molar refractivity (Wildman–Crippen MR) is 76.4 cm³/mol. The molecule has 0 bridgehead atoms. The van der Waals surface area contributed by atoms with E-state index in [1.165, 1.54) is 0 Å². The zero-order chi connectivity index (χ0) is 13.6. The van der Waals surface area contributed by atoms with E-state index in [0.717, 1.165) is 41.3 Å². The summed E-state index contributed by atoms with van der Waals surface area (Å²) in [6.45, 7) is 1.83. The van der Waals surface area contributed by atoms with Crippen molar-refractivity contribution in [3.8, 4) is 0 Å². The molecule has 3 rings (SSSR count). The van der Waals surface area contributed by atoms with Crippen LogP contribution in [0.25, 0.3) is 16.5 Å². The fourth-order valence-electron chi connectivity index (χ4n) is 2.70. The summed E-state index contributed by atoms with van der Waals surface area (Å²) in [6, 6.07) is 1.86. The van der Waals surface area contributed by atoms with Crippen molar-refractivity contribution >= 4 is 28.1 Å². The quantitative estimate of drug-likeness (QED) is 0.804. The van der Waals surface area contributed by atoms with Crippen molar-refractivity contribution in [2.24, 2.45) is 7.05 Å². The lowest BCUT2D eigenvalue weighted by Gasteiger charge is -2.11. The summed E-state index contributed by atoms with van der Waals surface area (Å²) in [5.41, 5.74) is 3.33. The first kappa shape index (κ1) is 12.4. The molecule has 2 aromatic rings. The summed E-state index contributed by atoms with van der Waals surface area (Å²) in [7, 11) is 1.76. The molecule has 1 aliphatic rings. The summed E-state index contributed by atoms with van der Waals surface area (Å²) in [5.74, 6) is 0. The van der Waals surface area contributed by atoms with Crippen LogP contribution in [-0.4, -0.2) is 14.8 Å². The number of rotatable bonds is 1. The number of nitrogens with zero attached hydrogens (tertiary/aromatic N) is 3. The van der Waals surface area contributed by atoms with Crippen LogP contribution in [0, 0.1) is 6.92 Å². The van der Waals surface area contributed by atoms with Crippen LogP contribution in [0.1, 0.15) is 30.5 Å². The Balaban J connectivity index is 2.41. The monoisotopic (exact) mass is 275 g/mol. The Kier molecular flexibility index (Phi) is 2.90. The number of hydrogen-bond donors (Lipinski definition) is 0. The second kappa shape index (κ2) is 4.46. The van der Waals surface area contributed by atoms with Gasteiger partial charge in [0.25, 0.3) is 5.56 Å². The van der Waals surface area contributed by atoms with Crippen LogP contribution in [0.2, 0.25) is 5.15 Å². The largest absolute Gasteiger partial charge is 0.309 e. The Bertz CT molecular complexity index is 761. The van der Waals surface area contributed by atoms with E-state index >= 15 is 0 Å². The topological polar surface area (TPSA) is 47.8 Å². The molecule has 2 heterocycles. The van der Waals surface area contributed by atoms with Gasteiger partial charge in [0.2, 0.25) is 0 Å². The van der Waals surface area contributed by atoms with Gasteiger partial charge in [-0.3, -0.25) is 4.79 Å². The highest BCUT2D eigenvalue weighted by Crippen LogP contribution is 2.29. The zero-order valence-electron chi connectivity index (χ0n) is 10.9. The van der Waals surface area contributed by atoms with Gasteiger partial charge in [-0.15, -0.1) is 5.10 Å². The molecule has 0 aliphatic heterocycles. The number of allylic oxidation sites excluding steroid dienone is 2. The van der Waals surface area contributed by atoms with Gasteiger partial charge in [0.05, 0.1) is 11.2 Å². The van der Waals surface area contributed by atoms with Gasteiger partial charge in [-0.1, -0.05) is 17.7 Å². The maximum absolute atomic E-state index is 12.5. The Morgan fingerprint density at radius 1 is 1.37 bits per heavy atom. The molecule has 0 N–H and O–H groups in total. The van der Waals surface area contributed by atoms with Crippen LogP contribution in [0.4, 0.5) is 0 Å². The standard InChI is InChI=1S/C14H14ClN3O/c1-8-12-11(13(15)17-16-8)7-10(14(19)18(12)2)9-5-3-4-6-9/h5,7H,3-4,6H2,1-2H3. The van der Waals surface area contributed by atoms with Gasteiger partial charge in [0, 0.05) is 18.0 Å². The third-order valence-electron chi connectivity index (χ3n) is 3.65. The number of hydrogen-bond acceptors (Lipinski definition) is 3. The third-order valence-corrected chi connectivity index (χ3v) is 3.93. The van der Waals surface area contributed by atoms with E-state index in [1.807, 2.05) is 13.0 Å². The summed E-state index contributed by atoms with van der Waals surface area (Å²) in [5, 5.41) is 9.04. The SMILES string of the molecule is Cc1nnc(Cl)c2cc(C3=CCCC3)c(=O)n(C)c12. The Hall–Kier alpha value is -1.68. The maximum atomic E-state index is 12.5. The summed E-state index contributed by atoms with van der Waals surface area (Å²) < 4.78 is 1.62. The van der Waals surface area contributed by atoms with Crippen molar-refractivity contribution in [1.82, 2.24) is 14.8 Å². The highest BCUT2D eigenvalue weighted by molar-refractivity contribution is 6.34. The fraction of sp³-hybridized carbons (Fsp3) is 0.357. The van der Waals surface area contributed by atoms with Crippen LogP contribution < -0.4 is 5.56 Å². The highest BCUT2D eigenvalue weighted by Gasteiger charge is 2.16. The molecule has 0 unspecified atom stereocenters. The van der Waals surface area contributed by atoms with Crippen molar-refractivity contribution in [3.63, 3.8) is 0 Å². The van der Waals surface area contributed by atoms with Crippen LogP contribution in [0.3, 0.4) is 0 Å². The summed E-state index contributed by atoms with van der Waals surface area (Å²) in [4.78, 5) is 12.5. The van der Waals surface area contributed by atoms with E-state index in [-0.39, 0.29) is 5.56 Å². The minimum absolute atomic E-state index is 0.00724. The Morgan fingerprint density at radius 3 is 2.84 bits per heavy atom. The van der Waals surface area contributed by atoms with E-state index in [1.54, 1.807) is 11.6 Å². The molecule has 98 valence electrons. The number of pyridine rings is 1. The lowest BCUT2D eigenvalue weighted by molar-refractivity contribution is 0.872. The minimum Gasteiger partial charge on any atom is -0.309 e. The lowest BCUT2D eigenvalue weighted by atomic mass is 10.1. The van der Waals surface area contributed by atoms with Crippen LogP contribution in [0.15, 0.2) is 16.9 Å². The second-order valence-electron chi connectivity index (χ2n) is 4.88. The van der Waals surface area contributed by atoms with Crippen molar-refractivity contribution in [2.45, 2.75) is 26.2 Å². The van der Waals surface area contributed by atoms with Crippen LogP contribution in [0.5, 0.6) is 0 Å². The molecule has 0 fully saturated rings. The van der Waals surface area contributed by atoms with Gasteiger partial charge in [-0.05, 0) is 37.8 Å². The van der Waals surface area contributed by atoms with Gasteiger partial charge in [-0.2, -0.15) is 5.10 Å². The molecule has 5 heteroatoms. The highest BCUT2D eigenvalue weighted by atomic mass is 35.5. The van der Waals surface area contributed by atoms with E-state index < -0.39 is 0 Å². The molecular weight excluding hydrogens is 262 g/mol. The molecule has 0 spiro atoms. The predicted octanol–water partition coefficient (Wildman–Crippen LogP) is 2.86. The normalized spacial score (nSPS) is 15.0. The van der Waals surface area contributed by atoms with Crippen molar-refractivity contribution in [2.75, 3.05) is 0 Å². The number of aromatic nitrogens is 3. The van der Waals surface area contributed by atoms with Crippen LogP contribution >= 0.6 is 11.6 Å². The lowest BCUT2D eigenvalue weighted by Crippen LogP contribution is -2.21. The molecule has 1 aliphatic carbocycles. The van der Waals surface area contributed by atoms with Gasteiger partial charge < -0.3 is 4.57 Å². The van der Waals surface area contributed by atoms with Gasteiger partial charge in [-0.25, -0.2) is 0 Å². The smallest absolute Gasteiger partial charge is 0.258 e. The molecule has 0 radical (unpaired) electrons. The molecule has 0 amide bonds. The number of fused-ring (bicyclic) bond motifs is 1. The maximum Gasteiger partial charge on any atom is 0.258 e. The molecule has 2 aromatic heterocycles. The van der Waals surface area contributed by atoms with E-state index in [2.05, 4.69) is 16.3 Å². The molecule has 0 saturated heterocycles. The Morgan fingerprint density at radius 2 is 2.16 bits per heavy atom. The molecule has 0 atom stereocenters. The molecule has 19 heavy (non-hydrogen) atoms. The first-order valence-electron chi connectivity index (χ1n) is 6.31. The average Bonchev–Trinajstić information content (AvgIpc) is 2.91. The number of halogens is 1. The summed E-state index contributed by atoms with van der Waals surface area (Å²) >= 11 is 6.12. The Labute approximate surface area is 115 Å². The van der Waals surface area contributed by atoms with E-state index in [0.29, 0.717) is 10.8 Å². The number of aryl methyl sites for hydroxylation is 2. The third kappa shape index (κ3) is 1.87. The van der Waals surface area contributed by atoms with Crippen molar-refractivity contribution in [3.05, 3.63) is 38.9 Å². The van der Waals surface area contributed by atoms with Gasteiger partial charge >= 0.3 is 0 Å². The zero-order valence-corrected chi connectivity index (χ0v) is 11.7. The first-order valence-corrected chi connectivity index (χ1v) is 6.69. The van der Waals surface area contributed by atoms with E-state index in [4.69, 9.17) is 11.6 Å². The van der Waals surface area contributed by atoms with Crippen LogP contribution in [-0.2, 0) is 7.05 Å². The van der Waals surface area contributed by atoms with E-state index in [9.17, 15) is 4.79 Å².